The first kappa shape index (κ1) is 61.1. The van der Waals surface area contributed by atoms with Crippen LogP contribution < -0.4 is 0 Å². The largest absolute Gasteiger partial charge is 0.462 e. The van der Waals surface area contributed by atoms with E-state index in [0.717, 1.165) is 116 Å². The molecule has 0 aliphatic carbocycles. The van der Waals surface area contributed by atoms with Crippen molar-refractivity contribution in [3.05, 3.63) is 109 Å². The highest BCUT2D eigenvalue weighted by atomic mass is 16.6. The zero-order valence-electron chi connectivity index (χ0n) is 42.0. The second-order valence-electron chi connectivity index (χ2n) is 17.0. The van der Waals surface area contributed by atoms with Crippen molar-refractivity contribution in [1.29, 1.82) is 0 Å². The van der Waals surface area contributed by atoms with Crippen molar-refractivity contribution < 1.29 is 28.6 Å². The first-order chi connectivity index (χ1) is 32.0. The van der Waals surface area contributed by atoms with Crippen LogP contribution in [0.3, 0.4) is 0 Å². The number of rotatable bonds is 46. The van der Waals surface area contributed by atoms with Crippen LogP contribution >= 0.6 is 0 Å². The molecule has 0 aliphatic heterocycles. The Morgan fingerprint density at radius 3 is 1.03 bits per heavy atom. The summed E-state index contributed by atoms with van der Waals surface area (Å²) in [5.74, 6) is -0.995. The highest BCUT2D eigenvalue weighted by Gasteiger charge is 2.19. The lowest BCUT2D eigenvalue weighted by atomic mass is 10.1. The molecule has 0 unspecified atom stereocenters. The van der Waals surface area contributed by atoms with Crippen LogP contribution in [0.15, 0.2) is 109 Å². The summed E-state index contributed by atoms with van der Waals surface area (Å²) in [7, 11) is 0. The van der Waals surface area contributed by atoms with Gasteiger partial charge >= 0.3 is 17.9 Å². The van der Waals surface area contributed by atoms with Crippen LogP contribution in [-0.4, -0.2) is 37.2 Å². The molecule has 6 heteroatoms. The van der Waals surface area contributed by atoms with Gasteiger partial charge in [-0.15, -0.1) is 0 Å². The highest BCUT2D eigenvalue weighted by molar-refractivity contribution is 5.71. The molecule has 0 saturated carbocycles. The van der Waals surface area contributed by atoms with E-state index < -0.39 is 6.10 Å². The molecule has 0 aliphatic rings. The van der Waals surface area contributed by atoms with Crippen molar-refractivity contribution in [2.45, 2.75) is 232 Å². The first-order valence-corrected chi connectivity index (χ1v) is 26.4. The van der Waals surface area contributed by atoms with Gasteiger partial charge in [0.1, 0.15) is 13.2 Å². The van der Waals surface area contributed by atoms with Crippen molar-refractivity contribution in [3.8, 4) is 0 Å². The lowest BCUT2D eigenvalue weighted by Gasteiger charge is -2.18. The minimum absolute atomic E-state index is 0.110. The minimum atomic E-state index is -0.816. The average Bonchev–Trinajstić information content (AvgIpc) is 3.30. The molecule has 65 heavy (non-hydrogen) atoms. The van der Waals surface area contributed by atoms with Crippen molar-refractivity contribution in [2.75, 3.05) is 13.2 Å². The summed E-state index contributed by atoms with van der Waals surface area (Å²) in [6.45, 7) is 6.40. The number of ether oxygens (including phenoxy) is 3. The summed E-state index contributed by atoms with van der Waals surface area (Å²) in [5, 5.41) is 0. The molecule has 0 heterocycles. The monoisotopic (exact) mass is 901 g/mol. The van der Waals surface area contributed by atoms with Gasteiger partial charge in [-0.2, -0.15) is 0 Å². The fourth-order valence-corrected chi connectivity index (χ4v) is 6.76. The van der Waals surface area contributed by atoms with E-state index in [9.17, 15) is 14.4 Å². The molecular formula is C59H96O6. The molecule has 0 bridgehead atoms. The van der Waals surface area contributed by atoms with Crippen molar-refractivity contribution in [2.24, 2.45) is 0 Å². The van der Waals surface area contributed by atoms with Gasteiger partial charge in [-0.25, -0.2) is 0 Å². The number of unbranched alkanes of at least 4 members (excludes halogenated alkanes) is 17. The predicted octanol–water partition coefficient (Wildman–Crippen LogP) is 17.5. The lowest BCUT2D eigenvalue weighted by molar-refractivity contribution is -0.167. The maximum absolute atomic E-state index is 12.8. The van der Waals surface area contributed by atoms with Crippen molar-refractivity contribution in [3.63, 3.8) is 0 Å². The number of carbonyl (C=O) groups excluding carboxylic acids is 3. The Morgan fingerprint density at radius 1 is 0.323 bits per heavy atom. The number of esters is 3. The molecule has 6 nitrogen and oxygen atoms in total. The molecule has 0 aromatic rings. The van der Waals surface area contributed by atoms with Gasteiger partial charge in [0.2, 0.25) is 0 Å². The van der Waals surface area contributed by atoms with Crippen molar-refractivity contribution in [1.82, 2.24) is 0 Å². The van der Waals surface area contributed by atoms with Crippen LogP contribution in [0.1, 0.15) is 226 Å². The van der Waals surface area contributed by atoms with Gasteiger partial charge in [0, 0.05) is 19.3 Å². The molecule has 0 N–H and O–H groups in total. The Labute approximate surface area is 400 Å². The Morgan fingerprint density at radius 2 is 0.600 bits per heavy atom. The zero-order valence-corrected chi connectivity index (χ0v) is 42.0. The molecule has 0 aromatic heterocycles. The fraction of sp³-hybridized carbons (Fsp3) is 0.644. The van der Waals surface area contributed by atoms with E-state index in [4.69, 9.17) is 14.2 Å². The summed E-state index contributed by atoms with van der Waals surface area (Å²) in [4.78, 5) is 38.0. The maximum atomic E-state index is 12.8. The van der Waals surface area contributed by atoms with Gasteiger partial charge in [-0.1, -0.05) is 188 Å². The highest BCUT2D eigenvalue weighted by Crippen LogP contribution is 2.12. The molecule has 0 radical (unpaired) electrons. The lowest BCUT2D eigenvalue weighted by Crippen LogP contribution is -2.30. The van der Waals surface area contributed by atoms with Crippen molar-refractivity contribution >= 4 is 17.9 Å². The van der Waals surface area contributed by atoms with Crippen LogP contribution in [0.5, 0.6) is 0 Å². The summed E-state index contributed by atoms with van der Waals surface area (Å²) in [6.07, 6.45) is 70.7. The van der Waals surface area contributed by atoms with Gasteiger partial charge < -0.3 is 14.2 Å². The van der Waals surface area contributed by atoms with Gasteiger partial charge in [0.25, 0.3) is 0 Å². The summed E-state index contributed by atoms with van der Waals surface area (Å²) in [5.41, 5.74) is 0. The zero-order chi connectivity index (χ0) is 47.2. The first-order valence-electron chi connectivity index (χ1n) is 26.4. The molecular weight excluding hydrogens is 805 g/mol. The molecule has 0 rings (SSSR count). The quantitative estimate of drug-likeness (QED) is 0.0262. The van der Waals surface area contributed by atoms with E-state index in [0.29, 0.717) is 19.3 Å². The van der Waals surface area contributed by atoms with Crippen LogP contribution in [0.2, 0.25) is 0 Å². The van der Waals surface area contributed by atoms with E-state index in [2.05, 4.69) is 130 Å². The molecule has 1 atom stereocenters. The molecule has 0 spiro atoms. The summed E-state index contributed by atoms with van der Waals surface area (Å²) in [6, 6.07) is 0. The third-order valence-electron chi connectivity index (χ3n) is 10.7. The second kappa shape index (κ2) is 52.7. The smallest absolute Gasteiger partial charge is 0.306 e. The summed E-state index contributed by atoms with van der Waals surface area (Å²) < 4.78 is 16.7. The number of hydrogen-bond acceptors (Lipinski definition) is 6. The van der Waals surface area contributed by atoms with Gasteiger partial charge in [-0.3, -0.25) is 14.4 Å². The van der Waals surface area contributed by atoms with Crippen LogP contribution in [-0.2, 0) is 28.6 Å². The minimum Gasteiger partial charge on any atom is -0.462 e. The fourth-order valence-electron chi connectivity index (χ4n) is 6.76. The second-order valence-corrected chi connectivity index (χ2v) is 17.0. The van der Waals surface area contributed by atoms with Crippen LogP contribution in [0.4, 0.5) is 0 Å². The molecule has 368 valence electrons. The third kappa shape index (κ3) is 50.9. The summed E-state index contributed by atoms with van der Waals surface area (Å²) >= 11 is 0. The predicted molar refractivity (Wildman–Crippen MR) is 279 cm³/mol. The van der Waals surface area contributed by atoms with E-state index in [1.807, 2.05) is 0 Å². The molecule has 0 fully saturated rings. The van der Waals surface area contributed by atoms with Gasteiger partial charge in [0.15, 0.2) is 6.10 Å². The SMILES string of the molecule is CC/C=C\C/C=C\C/C=C\C/C=C\C/C=C\CCCCCC(=O)O[C@H](COC(=O)CCCC/C=C\C/C=C\C/C=C\CCCCC)COC(=O)CCCCCCC/C=C\CCCCCC. The topological polar surface area (TPSA) is 78.9 Å². The normalized spacial score (nSPS) is 13.0. The molecule has 0 aromatic carbocycles. The van der Waals surface area contributed by atoms with E-state index >= 15 is 0 Å². The number of carbonyl (C=O) groups is 3. The standard InChI is InChI=1S/C59H96O6/c1-4-7-10-13-16-19-22-25-27-28-29-30-32-35-38-41-44-47-50-53-59(62)65-56(54-63-57(60)51-48-45-42-39-36-33-24-21-18-15-12-9-6-3)55-64-58(61)52-49-46-43-40-37-34-31-26-23-20-17-14-11-8-5-2/h7,10,16-17,19-21,24-27,29-31,35,37-38,40,56H,4-6,8-9,11-15,18,22-23,28,32-34,36,39,41-55H2,1-3H3/b10-7-,19-16-,20-17-,24-21-,27-25-,30-29-,31-26-,38-35-,40-37-/t56-/m0/s1. The van der Waals surface area contributed by atoms with E-state index in [-0.39, 0.29) is 37.5 Å². The van der Waals surface area contributed by atoms with Gasteiger partial charge in [-0.05, 0) is 128 Å². The van der Waals surface area contributed by atoms with E-state index in [1.54, 1.807) is 0 Å². The third-order valence-corrected chi connectivity index (χ3v) is 10.7. The molecule has 0 saturated heterocycles. The Hall–Kier alpha value is -3.93. The number of allylic oxidation sites excluding steroid dienone is 18. The Bertz CT molecular complexity index is 1360. The Kier molecular flexibility index (Phi) is 49.5. The molecule has 0 amide bonds. The number of hydrogen-bond donors (Lipinski definition) is 0. The van der Waals surface area contributed by atoms with Crippen LogP contribution in [0.25, 0.3) is 0 Å². The average molecular weight is 901 g/mol. The Balaban J connectivity index is 4.54. The van der Waals surface area contributed by atoms with E-state index in [1.165, 1.54) is 64.2 Å². The maximum Gasteiger partial charge on any atom is 0.306 e. The van der Waals surface area contributed by atoms with Crippen LogP contribution in [0, 0.1) is 0 Å². The van der Waals surface area contributed by atoms with Gasteiger partial charge in [0.05, 0.1) is 0 Å².